The molecule has 0 atom stereocenters. The SMILES string of the molecule is C=O.CC(=O)c1ccccc1O.NC(N)=O. The number of ketones is 1. The topological polar surface area (TPSA) is 123 Å². The van der Waals surface area contributed by atoms with Gasteiger partial charge in [-0.3, -0.25) is 4.79 Å². The van der Waals surface area contributed by atoms with Gasteiger partial charge in [-0.25, -0.2) is 4.79 Å². The van der Waals surface area contributed by atoms with Gasteiger partial charge in [0.15, 0.2) is 5.78 Å². The maximum absolute atomic E-state index is 10.7. The number of rotatable bonds is 1. The lowest BCUT2D eigenvalue weighted by molar-refractivity contribution is -0.0980. The zero-order chi connectivity index (χ0) is 13.1. The van der Waals surface area contributed by atoms with Gasteiger partial charge in [0.25, 0.3) is 0 Å². The van der Waals surface area contributed by atoms with E-state index in [-0.39, 0.29) is 11.5 Å². The molecule has 6 nitrogen and oxygen atoms in total. The van der Waals surface area contributed by atoms with Gasteiger partial charge in [0.1, 0.15) is 12.5 Å². The molecule has 0 aliphatic carbocycles. The maximum atomic E-state index is 10.7. The van der Waals surface area contributed by atoms with Gasteiger partial charge in [0, 0.05) is 0 Å². The lowest BCUT2D eigenvalue weighted by Gasteiger charge is -1.96. The number of nitrogens with two attached hydrogens (primary N) is 2. The number of hydrogen-bond donors (Lipinski definition) is 3. The first-order chi connectivity index (χ1) is 7.45. The Hall–Kier alpha value is -2.37. The molecule has 1 rings (SSSR count). The van der Waals surface area contributed by atoms with Crippen LogP contribution < -0.4 is 11.5 Å². The predicted octanol–water partition coefficient (Wildman–Crippen LogP) is 0.434. The molecule has 88 valence electrons. The van der Waals surface area contributed by atoms with Crippen molar-refractivity contribution in [2.24, 2.45) is 11.5 Å². The van der Waals surface area contributed by atoms with E-state index in [2.05, 4.69) is 11.5 Å². The number of aromatic hydroxyl groups is 1. The third kappa shape index (κ3) is 8.24. The van der Waals surface area contributed by atoms with Gasteiger partial charge in [0.05, 0.1) is 5.56 Å². The number of carbonyl (C=O) groups excluding carboxylic acids is 3. The summed E-state index contributed by atoms with van der Waals surface area (Å²) >= 11 is 0. The van der Waals surface area contributed by atoms with Crippen LogP contribution in [0.5, 0.6) is 5.75 Å². The van der Waals surface area contributed by atoms with E-state index in [9.17, 15) is 4.79 Å². The van der Waals surface area contributed by atoms with Crippen molar-refractivity contribution < 1.29 is 19.5 Å². The van der Waals surface area contributed by atoms with Crippen LogP contribution in [0, 0.1) is 0 Å². The molecular formula is C10H14N2O4. The Bertz CT molecular complexity index is 348. The van der Waals surface area contributed by atoms with Crippen LogP contribution in [0.4, 0.5) is 4.79 Å². The van der Waals surface area contributed by atoms with Crippen LogP contribution in [-0.4, -0.2) is 23.7 Å². The number of hydrogen-bond acceptors (Lipinski definition) is 4. The monoisotopic (exact) mass is 226 g/mol. The fourth-order valence-corrected chi connectivity index (χ4v) is 0.771. The van der Waals surface area contributed by atoms with Crippen molar-refractivity contribution in [2.75, 3.05) is 0 Å². The summed E-state index contributed by atoms with van der Waals surface area (Å²) in [6, 6.07) is 5.66. The van der Waals surface area contributed by atoms with Gasteiger partial charge < -0.3 is 21.4 Å². The van der Waals surface area contributed by atoms with Gasteiger partial charge in [-0.05, 0) is 19.1 Å². The van der Waals surface area contributed by atoms with Crippen molar-refractivity contribution >= 4 is 18.6 Å². The summed E-state index contributed by atoms with van der Waals surface area (Å²) in [6.45, 7) is 3.43. The highest BCUT2D eigenvalue weighted by atomic mass is 16.3. The Kier molecular flexibility index (Phi) is 9.24. The number of urea groups is 1. The van der Waals surface area contributed by atoms with Crippen LogP contribution in [0.3, 0.4) is 0 Å². The molecule has 0 aromatic heterocycles. The number of amides is 2. The molecule has 16 heavy (non-hydrogen) atoms. The summed E-state index contributed by atoms with van der Waals surface area (Å²) < 4.78 is 0. The highest BCUT2D eigenvalue weighted by Crippen LogP contribution is 2.15. The fourth-order valence-electron chi connectivity index (χ4n) is 0.771. The van der Waals surface area contributed by atoms with Gasteiger partial charge in [-0.1, -0.05) is 12.1 Å². The largest absolute Gasteiger partial charge is 0.507 e. The van der Waals surface area contributed by atoms with E-state index < -0.39 is 6.03 Å². The molecule has 0 heterocycles. The Labute approximate surface area is 92.9 Å². The van der Waals surface area contributed by atoms with E-state index in [1.807, 2.05) is 6.79 Å². The van der Waals surface area contributed by atoms with Crippen molar-refractivity contribution in [3.05, 3.63) is 29.8 Å². The van der Waals surface area contributed by atoms with Crippen molar-refractivity contribution in [1.29, 1.82) is 0 Å². The number of para-hydroxylation sites is 1. The Balaban J connectivity index is 0. The second kappa shape index (κ2) is 9.20. The molecule has 0 fully saturated rings. The van der Waals surface area contributed by atoms with Gasteiger partial charge >= 0.3 is 6.03 Å². The number of primary amides is 2. The van der Waals surface area contributed by atoms with E-state index in [0.29, 0.717) is 5.56 Å². The lowest BCUT2D eigenvalue weighted by Crippen LogP contribution is -2.18. The van der Waals surface area contributed by atoms with Crippen molar-refractivity contribution in [2.45, 2.75) is 6.92 Å². The number of phenolic OH excluding ortho intramolecular Hbond substituents is 1. The molecule has 0 saturated carbocycles. The Morgan fingerprint density at radius 2 is 1.56 bits per heavy atom. The van der Waals surface area contributed by atoms with Crippen LogP contribution in [0.15, 0.2) is 24.3 Å². The standard InChI is InChI=1S/C8H8O2.CH4N2O.CH2O/c1-6(9)7-4-2-3-5-8(7)10;2-1(3)4;1-2/h2-5,10H,1H3;(H4,2,3,4);1H2. The summed E-state index contributed by atoms with van der Waals surface area (Å²) in [5.74, 6) is -0.0619. The molecule has 0 bridgehead atoms. The lowest BCUT2D eigenvalue weighted by atomic mass is 10.1. The van der Waals surface area contributed by atoms with Crippen LogP contribution in [0.1, 0.15) is 17.3 Å². The minimum Gasteiger partial charge on any atom is -0.507 e. The van der Waals surface area contributed by atoms with E-state index >= 15 is 0 Å². The first-order valence-electron chi connectivity index (χ1n) is 4.08. The highest BCUT2D eigenvalue weighted by molar-refractivity contribution is 5.96. The van der Waals surface area contributed by atoms with Crippen LogP contribution in [-0.2, 0) is 4.79 Å². The third-order valence-corrected chi connectivity index (χ3v) is 1.28. The number of Topliss-reactive ketones (excluding diaryl/α,β-unsaturated/α-hetero) is 1. The molecule has 0 radical (unpaired) electrons. The van der Waals surface area contributed by atoms with Crippen LogP contribution >= 0.6 is 0 Å². The molecule has 1 aromatic carbocycles. The molecule has 0 aliphatic rings. The van der Waals surface area contributed by atoms with Crippen LogP contribution in [0.2, 0.25) is 0 Å². The minimum atomic E-state index is -0.833. The summed E-state index contributed by atoms with van der Waals surface area (Å²) in [5.41, 5.74) is 8.88. The molecule has 2 amide bonds. The first kappa shape index (κ1) is 16.1. The summed E-state index contributed by atoms with van der Waals surface area (Å²) in [5, 5.41) is 9.06. The normalized spacial score (nSPS) is 7.56. The third-order valence-electron chi connectivity index (χ3n) is 1.28. The molecule has 0 saturated heterocycles. The van der Waals surface area contributed by atoms with E-state index in [4.69, 9.17) is 14.7 Å². The number of phenols is 1. The average molecular weight is 226 g/mol. The molecule has 6 heteroatoms. The van der Waals surface area contributed by atoms with Gasteiger partial charge in [-0.15, -0.1) is 0 Å². The second-order valence-corrected chi connectivity index (χ2v) is 2.48. The second-order valence-electron chi connectivity index (χ2n) is 2.48. The molecule has 0 aliphatic heterocycles. The van der Waals surface area contributed by atoms with Crippen molar-refractivity contribution in [3.63, 3.8) is 0 Å². The minimum absolute atomic E-state index is 0.0509. The Morgan fingerprint density at radius 1 is 1.19 bits per heavy atom. The average Bonchev–Trinajstić information content (AvgIpc) is 2.20. The Morgan fingerprint density at radius 3 is 1.81 bits per heavy atom. The van der Waals surface area contributed by atoms with E-state index in [1.54, 1.807) is 18.2 Å². The summed E-state index contributed by atoms with van der Waals surface area (Å²) in [7, 11) is 0. The molecular weight excluding hydrogens is 212 g/mol. The molecule has 0 spiro atoms. The number of carbonyl (C=O) groups is 3. The number of benzene rings is 1. The molecule has 5 N–H and O–H groups in total. The van der Waals surface area contributed by atoms with Crippen LogP contribution in [0.25, 0.3) is 0 Å². The molecule has 1 aromatic rings. The summed E-state index contributed by atoms with van der Waals surface area (Å²) in [4.78, 5) is 27.7. The zero-order valence-electron chi connectivity index (χ0n) is 8.84. The smallest absolute Gasteiger partial charge is 0.309 e. The van der Waals surface area contributed by atoms with Gasteiger partial charge in [0.2, 0.25) is 0 Å². The van der Waals surface area contributed by atoms with Crippen molar-refractivity contribution in [1.82, 2.24) is 0 Å². The molecule has 0 unspecified atom stereocenters. The maximum Gasteiger partial charge on any atom is 0.309 e. The quantitative estimate of drug-likeness (QED) is 0.600. The fraction of sp³-hybridized carbons (Fsp3) is 0.100. The predicted molar refractivity (Wildman–Crippen MR) is 59.0 cm³/mol. The van der Waals surface area contributed by atoms with E-state index in [1.165, 1.54) is 13.0 Å². The first-order valence-corrected chi connectivity index (χ1v) is 4.08. The summed E-state index contributed by atoms with van der Waals surface area (Å²) in [6.07, 6.45) is 0. The highest BCUT2D eigenvalue weighted by Gasteiger charge is 2.02. The van der Waals surface area contributed by atoms with Crippen molar-refractivity contribution in [3.8, 4) is 5.75 Å². The van der Waals surface area contributed by atoms with E-state index in [0.717, 1.165) is 0 Å². The van der Waals surface area contributed by atoms with Gasteiger partial charge in [-0.2, -0.15) is 0 Å². The zero-order valence-corrected chi connectivity index (χ0v) is 8.84.